The molecule has 0 bridgehead atoms. The minimum atomic E-state index is -0.629. The van der Waals surface area contributed by atoms with Crippen molar-refractivity contribution in [2.45, 2.75) is 31.7 Å². The van der Waals surface area contributed by atoms with Gasteiger partial charge in [0.15, 0.2) is 0 Å². The second kappa shape index (κ2) is 6.33. The van der Waals surface area contributed by atoms with Crippen LogP contribution in [0.4, 0.5) is 11.4 Å². The van der Waals surface area contributed by atoms with E-state index in [1.165, 1.54) is 12.1 Å². The Morgan fingerprint density at radius 3 is 2.95 bits per heavy atom. The summed E-state index contributed by atoms with van der Waals surface area (Å²) in [6.45, 7) is 0.774. The fraction of sp³-hybridized carbons (Fsp3) is 0.462. The summed E-state index contributed by atoms with van der Waals surface area (Å²) in [5.41, 5.74) is -0.212. The number of nitrogens with zero attached hydrogens (tertiary/aromatic N) is 1. The molecule has 1 atom stereocenters. The van der Waals surface area contributed by atoms with Gasteiger partial charge in [0.05, 0.1) is 17.0 Å². The molecule has 0 aliphatic carbocycles. The molecule has 1 amide bonds. The number of aromatic hydroxyl groups is 1. The van der Waals surface area contributed by atoms with E-state index in [-0.39, 0.29) is 29.1 Å². The Kier molecular flexibility index (Phi) is 4.52. The van der Waals surface area contributed by atoms with Crippen LogP contribution in [0.3, 0.4) is 0 Å². The maximum atomic E-state index is 12.1. The van der Waals surface area contributed by atoms with Gasteiger partial charge in [-0.15, -0.1) is 0 Å². The molecule has 0 radical (unpaired) electrons. The highest BCUT2D eigenvalue weighted by Gasteiger charge is 2.23. The fourth-order valence-electron chi connectivity index (χ4n) is 2.25. The van der Waals surface area contributed by atoms with Crippen LogP contribution in [0, 0.1) is 10.1 Å². The molecule has 7 nitrogen and oxygen atoms in total. The number of carbonyl (C=O) groups excluding carboxylic acids is 1. The lowest BCUT2D eigenvalue weighted by molar-refractivity contribution is -0.384. The summed E-state index contributed by atoms with van der Waals surface area (Å²) in [6.07, 6.45) is 3.79. The quantitative estimate of drug-likeness (QED) is 0.444. The molecule has 1 aliphatic rings. The lowest BCUT2D eigenvalue weighted by atomic mass is 10.1. The number of hydrogen-bond donors (Lipinski definition) is 3. The van der Waals surface area contributed by atoms with Crippen molar-refractivity contribution < 1.29 is 14.8 Å². The summed E-state index contributed by atoms with van der Waals surface area (Å²) in [7, 11) is 0. The molecule has 20 heavy (non-hydrogen) atoms. The number of hydrogen-bond acceptors (Lipinski definition) is 5. The molecule has 0 spiro atoms. The van der Waals surface area contributed by atoms with E-state index in [0.29, 0.717) is 0 Å². The zero-order valence-corrected chi connectivity index (χ0v) is 11.0. The zero-order chi connectivity index (χ0) is 14.5. The van der Waals surface area contributed by atoms with E-state index >= 15 is 0 Å². The number of amides is 1. The van der Waals surface area contributed by atoms with Gasteiger partial charge in [-0.25, -0.2) is 0 Å². The smallest absolute Gasteiger partial charge is 0.296 e. The van der Waals surface area contributed by atoms with Crippen molar-refractivity contribution in [2.24, 2.45) is 0 Å². The van der Waals surface area contributed by atoms with Gasteiger partial charge in [-0.2, -0.15) is 0 Å². The van der Waals surface area contributed by atoms with Crippen LogP contribution in [0.5, 0.6) is 5.75 Å². The molecule has 1 heterocycles. The van der Waals surface area contributed by atoms with Gasteiger partial charge in [-0.3, -0.25) is 14.9 Å². The second-order valence-corrected chi connectivity index (χ2v) is 4.80. The first-order chi connectivity index (χ1) is 9.58. The predicted molar refractivity (Wildman–Crippen MR) is 73.6 cm³/mol. The number of benzene rings is 1. The van der Waals surface area contributed by atoms with Gasteiger partial charge in [0, 0.05) is 0 Å². The molecular weight excluding hydrogens is 262 g/mol. The molecule has 1 unspecified atom stereocenters. The third-order valence-corrected chi connectivity index (χ3v) is 3.31. The molecule has 1 aromatic carbocycles. The van der Waals surface area contributed by atoms with Crippen LogP contribution in [0.15, 0.2) is 18.2 Å². The Labute approximate surface area is 116 Å². The van der Waals surface area contributed by atoms with Crippen molar-refractivity contribution in [2.75, 3.05) is 11.9 Å². The summed E-state index contributed by atoms with van der Waals surface area (Å²) >= 11 is 0. The normalized spacial score (nSPS) is 19.1. The Hall–Kier alpha value is -2.15. The van der Waals surface area contributed by atoms with Crippen LogP contribution < -0.4 is 10.6 Å². The molecule has 0 aromatic heterocycles. The number of nitro benzene ring substituents is 1. The molecule has 108 valence electrons. The highest BCUT2D eigenvalue weighted by molar-refractivity contribution is 5.96. The number of phenolic OH excluding ortho intramolecular Hbond substituents is 1. The number of phenols is 1. The van der Waals surface area contributed by atoms with Gasteiger partial charge >= 0.3 is 0 Å². The third-order valence-electron chi connectivity index (χ3n) is 3.31. The van der Waals surface area contributed by atoms with E-state index in [1.54, 1.807) is 0 Å². The number of nitrogens with one attached hydrogen (secondary N) is 2. The van der Waals surface area contributed by atoms with Gasteiger partial charge in [-0.1, -0.05) is 12.8 Å². The van der Waals surface area contributed by atoms with Crippen molar-refractivity contribution in [3.8, 4) is 5.75 Å². The van der Waals surface area contributed by atoms with E-state index in [4.69, 9.17) is 0 Å². The fourth-order valence-corrected chi connectivity index (χ4v) is 2.25. The van der Waals surface area contributed by atoms with E-state index in [9.17, 15) is 20.0 Å². The largest absolute Gasteiger partial charge is 0.508 e. The summed E-state index contributed by atoms with van der Waals surface area (Å²) in [5, 5.41) is 25.9. The van der Waals surface area contributed by atoms with Gasteiger partial charge < -0.3 is 15.7 Å². The van der Waals surface area contributed by atoms with E-state index < -0.39 is 4.92 Å². The van der Waals surface area contributed by atoms with Gasteiger partial charge in [0.1, 0.15) is 11.4 Å². The van der Waals surface area contributed by atoms with Crippen molar-refractivity contribution in [1.29, 1.82) is 0 Å². The Morgan fingerprint density at radius 2 is 2.20 bits per heavy atom. The summed E-state index contributed by atoms with van der Waals surface area (Å²) in [5.74, 6) is -0.483. The van der Waals surface area contributed by atoms with Crippen LogP contribution in [-0.2, 0) is 4.79 Å². The molecular formula is C13H17N3O4. The Morgan fingerprint density at radius 1 is 1.40 bits per heavy atom. The van der Waals surface area contributed by atoms with Crippen molar-refractivity contribution in [1.82, 2.24) is 5.32 Å². The second-order valence-electron chi connectivity index (χ2n) is 4.80. The number of nitro groups is 1. The number of carbonyl (C=O) groups is 1. The Balaban J connectivity index is 2.12. The van der Waals surface area contributed by atoms with E-state index in [1.807, 2.05) is 0 Å². The van der Waals surface area contributed by atoms with Gasteiger partial charge in [0.25, 0.3) is 5.69 Å². The first-order valence-corrected chi connectivity index (χ1v) is 6.59. The monoisotopic (exact) mass is 279 g/mol. The van der Waals surface area contributed by atoms with Crippen molar-refractivity contribution in [3.05, 3.63) is 28.3 Å². The topological polar surface area (TPSA) is 104 Å². The van der Waals surface area contributed by atoms with Crippen LogP contribution >= 0.6 is 0 Å². The molecule has 1 aromatic rings. The maximum Gasteiger partial charge on any atom is 0.296 e. The molecule has 0 saturated carbocycles. The van der Waals surface area contributed by atoms with Crippen molar-refractivity contribution in [3.63, 3.8) is 0 Å². The summed E-state index contributed by atoms with van der Waals surface area (Å²) in [6, 6.07) is 3.34. The number of anilines is 1. The summed E-state index contributed by atoms with van der Waals surface area (Å²) in [4.78, 5) is 22.4. The number of rotatable bonds is 3. The first kappa shape index (κ1) is 14.3. The minimum Gasteiger partial charge on any atom is -0.508 e. The Bertz CT molecular complexity index is 510. The predicted octanol–water partition coefficient (Wildman–Crippen LogP) is 1.77. The average molecular weight is 279 g/mol. The van der Waals surface area contributed by atoms with Crippen LogP contribution in [0.25, 0.3) is 0 Å². The van der Waals surface area contributed by atoms with Crippen LogP contribution in [0.1, 0.15) is 25.7 Å². The van der Waals surface area contributed by atoms with Crippen molar-refractivity contribution >= 4 is 17.3 Å². The lowest BCUT2D eigenvalue weighted by Gasteiger charge is -2.15. The molecule has 1 fully saturated rings. The molecule has 1 saturated heterocycles. The van der Waals surface area contributed by atoms with Crippen LogP contribution in [-0.4, -0.2) is 28.5 Å². The minimum absolute atomic E-state index is 0.101. The standard InChI is InChI=1S/C13H17N3O4/c17-9-5-6-10(12(8-9)16(19)20)15-13(18)11-4-2-1-3-7-14-11/h5-6,8,11,14,17H,1-4,7H2,(H,15,18). The third kappa shape index (κ3) is 3.45. The molecule has 1 aliphatic heterocycles. The van der Waals surface area contributed by atoms with Gasteiger partial charge in [-0.05, 0) is 31.5 Å². The summed E-state index contributed by atoms with van der Waals surface area (Å²) < 4.78 is 0. The molecule has 7 heteroatoms. The molecule has 3 N–H and O–H groups in total. The van der Waals surface area contributed by atoms with Crippen LogP contribution in [0.2, 0.25) is 0 Å². The SMILES string of the molecule is O=C(Nc1ccc(O)cc1[N+](=O)[O-])C1CCCCCN1. The maximum absolute atomic E-state index is 12.1. The van der Waals surface area contributed by atoms with Gasteiger partial charge in [0.2, 0.25) is 5.91 Å². The average Bonchev–Trinajstić information content (AvgIpc) is 2.69. The molecule has 2 rings (SSSR count). The van der Waals surface area contributed by atoms with E-state index in [2.05, 4.69) is 10.6 Å². The highest BCUT2D eigenvalue weighted by atomic mass is 16.6. The van der Waals surface area contributed by atoms with E-state index in [0.717, 1.165) is 38.3 Å². The first-order valence-electron chi connectivity index (χ1n) is 6.59. The lowest BCUT2D eigenvalue weighted by Crippen LogP contribution is -2.39. The zero-order valence-electron chi connectivity index (χ0n) is 11.0. The highest BCUT2D eigenvalue weighted by Crippen LogP contribution is 2.28.